The molecule has 19 heavy (non-hydrogen) atoms. The molecule has 0 amide bonds. The average Bonchev–Trinajstić information content (AvgIpc) is 3.01. The molecule has 0 spiro atoms. The van der Waals surface area contributed by atoms with E-state index in [4.69, 9.17) is 0 Å². The molecule has 0 aliphatic carbocycles. The molecule has 2 aromatic heterocycles. The molecule has 0 bridgehead atoms. The Labute approximate surface area is 111 Å². The third-order valence-corrected chi connectivity index (χ3v) is 3.26. The summed E-state index contributed by atoms with van der Waals surface area (Å²) in [6.07, 6.45) is 3.77. The molecule has 2 N–H and O–H groups in total. The fourth-order valence-electron chi connectivity index (χ4n) is 2.51. The first kappa shape index (κ1) is 11.8. The summed E-state index contributed by atoms with van der Waals surface area (Å²) in [5.74, 6) is -0.197. The van der Waals surface area contributed by atoms with Crippen molar-refractivity contribution in [1.29, 1.82) is 0 Å². The van der Waals surface area contributed by atoms with Gasteiger partial charge in [-0.05, 0) is 54.4 Å². The van der Waals surface area contributed by atoms with Crippen molar-refractivity contribution in [3.63, 3.8) is 0 Å². The van der Waals surface area contributed by atoms with Crippen LogP contribution in [0.1, 0.15) is 28.4 Å². The molecule has 3 heteroatoms. The maximum atomic E-state index is 13.7. The Bertz CT molecular complexity index is 600. The third kappa shape index (κ3) is 2.32. The van der Waals surface area contributed by atoms with Crippen molar-refractivity contribution in [3.8, 4) is 0 Å². The normalized spacial score (nSPS) is 11.1. The zero-order valence-corrected chi connectivity index (χ0v) is 10.7. The first-order valence-corrected chi connectivity index (χ1v) is 6.28. The molecular formula is C16H15FN2. The van der Waals surface area contributed by atoms with Gasteiger partial charge in [-0.15, -0.1) is 0 Å². The molecule has 96 valence electrons. The highest BCUT2D eigenvalue weighted by Crippen LogP contribution is 2.30. The molecule has 0 radical (unpaired) electrons. The average molecular weight is 254 g/mol. The second-order valence-electron chi connectivity index (χ2n) is 4.75. The summed E-state index contributed by atoms with van der Waals surface area (Å²) >= 11 is 0. The monoisotopic (exact) mass is 254 g/mol. The molecule has 2 heterocycles. The van der Waals surface area contributed by atoms with Crippen molar-refractivity contribution in [1.82, 2.24) is 9.97 Å². The van der Waals surface area contributed by atoms with Crippen molar-refractivity contribution in [2.24, 2.45) is 0 Å². The maximum Gasteiger partial charge on any atom is 0.123 e. The number of hydrogen-bond donors (Lipinski definition) is 2. The number of nitrogens with one attached hydrogen (secondary N) is 2. The predicted molar refractivity (Wildman–Crippen MR) is 73.7 cm³/mol. The Morgan fingerprint density at radius 3 is 2.05 bits per heavy atom. The van der Waals surface area contributed by atoms with Crippen LogP contribution in [0.4, 0.5) is 4.39 Å². The van der Waals surface area contributed by atoms with Gasteiger partial charge in [-0.3, -0.25) is 0 Å². The number of hydrogen-bond acceptors (Lipinski definition) is 0. The largest absolute Gasteiger partial charge is 0.364 e. The van der Waals surface area contributed by atoms with E-state index in [1.807, 2.05) is 49.6 Å². The van der Waals surface area contributed by atoms with E-state index in [-0.39, 0.29) is 11.7 Å². The van der Waals surface area contributed by atoms with Crippen LogP contribution in [0, 0.1) is 12.7 Å². The summed E-state index contributed by atoms with van der Waals surface area (Å²) in [7, 11) is 0. The third-order valence-electron chi connectivity index (χ3n) is 3.26. The first-order chi connectivity index (χ1) is 9.24. The van der Waals surface area contributed by atoms with E-state index in [1.54, 1.807) is 12.1 Å². The summed E-state index contributed by atoms with van der Waals surface area (Å²) in [6, 6.07) is 13.1. The summed E-state index contributed by atoms with van der Waals surface area (Å²) < 4.78 is 13.7. The van der Waals surface area contributed by atoms with E-state index in [0.717, 1.165) is 22.5 Å². The minimum atomic E-state index is -0.196. The van der Waals surface area contributed by atoms with Gasteiger partial charge >= 0.3 is 0 Å². The van der Waals surface area contributed by atoms with Crippen LogP contribution in [0.3, 0.4) is 0 Å². The highest BCUT2D eigenvalue weighted by Gasteiger charge is 2.19. The standard InChI is InChI=1S/C16H15FN2/c1-11-8-12(10-13(17)9-11)16(14-4-2-6-18-14)15-5-3-7-19-15/h2-10,16,18-19H,1H3. The van der Waals surface area contributed by atoms with Crippen LogP contribution in [-0.2, 0) is 0 Å². The lowest BCUT2D eigenvalue weighted by Gasteiger charge is -2.16. The van der Waals surface area contributed by atoms with Gasteiger partial charge in [0.25, 0.3) is 0 Å². The van der Waals surface area contributed by atoms with Crippen LogP contribution >= 0.6 is 0 Å². The molecule has 0 atom stereocenters. The van der Waals surface area contributed by atoms with Crippen molar-refractivity contribution in [2.45, 2.75) is 12.8 Å². The molecule has 0 aliphatic rings. The second kappa shape index (κ2) is 4.76. The zero-order chi connectivity index (χ0) is 13.2. The smallest absolute Gasteiger partial charge is 0.123 e. The Kier molecular flexibility index (Phi) is 2.95. The van der Waals surface area contributed by atoms with Gasteiger partial charge in [0.15, 0.2) is 0 Å². The molecular weight excluding hydrogens is 239 g/mol. The Balaban J connectivity index is 2.14. The minimum Gasteiger partial charge on any atom is -0.364 e. The number of benzene rings is 1. The van der Waals surface area contributed by atoms with Gasteiger partial charge in [0.05, 0.1) is 5.92 Å². The minimum absolute atomic E-state index is 0.000556. The van der Waals surface area contributed by atoms with Crippen LogP contribution < -0.4 is 0 Å². The molecule has 0 unspecified atom stereocenters. The van der Waals surface area contributed by atoms with Gasteiger partial charge in [-0.25, -0.2) is 4.39 Å². The van der Waals surface area contributed by atoms with E-state index in [9.17, 15) is 4.39 Å². The van der Waals surface area contributed by atoms with Crippen LogP contribution in [-0.4, -0.2) is 9.97 Å². The molecule has 0 aliphatic heterocycles. The van der Waals surface area contributed by atoms with Gasteiger partial charge in [0.1, 0.15) is 5.82 Å². The topological polar surface area (TPSA) is 31.6 Å². The quantitative estimate of drug-likeness (QED) is 0.708. The predicted octanol–water partition coefficient (Wildman–Crippen LogP) is 3.97. The molecule has 0 fully saturated rings. The lowest BCUT2D eigenvalue weighted by molar-refractivity contribution is 0.623. The van der Waals surface area contributed by atoms with E-state index in [0.29, 0.717) is 0 Å². The van der Waals surface area contributed by atoms with E-state index in [1.165, 1.54) is 0 Å². The summed E-state index contributed by atoms with van der Waals surface area (Å²) in [4.78, 5) is 6.44. The second-order valence-corrected chi connectivity index (χ2v) is 4.75. The fraction of sp³-hybridized carbons (Fsp3) is 0.125. The zero-order valence-electron chi connectivity index (χ0n) is 10.7. The Morgan fingerprint density at radius 2 is 1.58 bits per heavy atom. The first-order valence-electron chi connectivity index (χ1n) is 6.28. The van der Waals surface area contributed by atoms with Crippen LogP contribution in [0.2, 0.25) is 0 Å². The van der Waals surface area contributed by atoms with E-state index < -0.39 is 0 Å². The maximum absolute atomic E-state index is 13.7. The van der Waals surface area contributed by atoms with Crippen molar-refractivity contribution in [3.05, 3.63) is 83.2 Å². The van der Waals surface area contributed by atoms with Gasteiger partial charge in [0, 0.05) is 23.8 Å². The fourth-order valence-corrected chi connectivity index (χ4v) is 2.51. The molecule has 3 aromatic rings. The van der Waals surface area contributed by atoms with E-state index in [2.05, 4.69) is 9.97 Å². The number of H-pyrrole nitrogens is 2. The van der Waals surface area contributed by atoms with Crippen molar-refractivity contribution >= 4 is 0 Å². The lowest BCUT2D eigenvalue weighted by Crippen LogP contribution is -2.05. The Hall–Kier alpha value is -2.29. The molecule has 0 saturated heterocycles. The van der Waals surface area contributed by atoms with Crippen LogP contribution in [0.15, 0.2) is 54.9 Å². The molecule has 3 rings (SSSR count). The van der Waals surface area contributed by atoms with Gasteiger partial charge < -0.3 is 9.97 Å². The summed E-state index contributed by atoms with van der Waals surface area (Å²) in [6.45, 7) is 1.91. The summed E-state index contributed by atoms with van der Waals surface area (Å²) in [5.41, 5.74) is 3.97. The highest BCUT2D eigenvalue weighted by atomic mass is 19.1. The SMILES string of the molecule is Cc1cc(F)cc(C(c2ccc[nH]2)c2ccc[nH]2)c1. The van der Waals surface area contributed by atoms with Gasteiger partial charge in [-0.2, -0.15) is 0 Å². The molecule has 0 saturated carbocycles. The number of halogens is 1. The molecule has 1 aromatic carbocycles. The summed E-state index contributed by atoms with van der Waals surface area (Å²) in [5, 5.41) is 0. The number of aromatic nitrogens is 2. The van der Waals surface area contributed by atoms with Crippen LogP contribution in [0.25, 0.3) is 0 Å². The van der Waals surface area contributed by atoms with Gasteiger partial charge in [0.2, 0.25) is 0 Å². The van der Waals surface area contributed by atoms with Crippen molar-refractivity contribution in [2.75, 3.05) is 0 Å². The highest BCUT2D eigenvalue weighted by molar-refractivity contribution is 5.39. The molecule has 2 nitrogen and oxygen atoms in total. The van der Waals surface area contributed by atoms with Crippen LogP contribution in [0.5, 0.6) is 0 Å². The number of rotatable bonds is 3. The van der Waals surface area contributed by atoms with E-state index >= 15 is 0 Å². The lowest BCUT2D eigenvalue weighted by atomic mass is 9.91. The van der Waals surface area contributed by atoms with Gasteiger partial charge in [-0.1, -0.05) is 6.07 Å². The van der Waals surface area contributed by atoms with Crippen molar-refractivity contribution < 1.29 is 4.39 Å². The number of aromatic amines is 2. The number of aryl methyl sites for hydroxylation is 1. The Morgan fingerprint density at radius 1 is 0.947 bits per heavy atom.